The van der Waals surface area contributed by atoms with Gasteiger partial charge in [0.05, 0.1) is 11.7 Å². The fourth-order valence-corrected chi connectivity index (χ4v) is 4.19. The fourth-order valence-electron chi connectivity index (χ4n) is 4.19. The molecule has 98 valence electrons. The molecule has 1 heterocycles. The summed E-state index contributed by atoms with van der Waals surface area (Å²) in [6.07, 6.45) is 12.4. The Kier molecular flexibility index (Phi) is 3.45. The second kappa shape index (κ2) is 4.89. The lowest BCUT2D eigenvalue weighted by Crippen LogP contribution is -2.47. The third kappa shape index (κ3) is 2.53. The van der Waals surface area contributed by atoms with Crippen molar-refractivity contribution in [2.24, 2.45) is 11.8 Å². The van der Waals surface area contributed by atoms with Gasteiger partial charge in [-0.05, 0) is 56.8 Å². The van der Waals surface area contributed by atoms with Crippen LogP contribution in [0, 0.1) is 11.8 Å². The third-order valence-electron chi connectivity index (χ3n) is 5.40. The molecule has 0 aromatic heterocycles. The highest BCUT2D eigenvalue weighted by molar-refractivity contribution is 4.95. The number of aliphatic hydroxyl groups is 1. The summed E-state index contributed by atoms with van der Waals surface area (Å²) in [5.74, 6) is 1.60. The van der Waals surface area contributed by atoms with E-state index in [0.29, 0.717) is 0 Å². The molecule has 3 fully saturated rings. The van der Waals surface area contributed by atoms with Crippen LogP contribution in [0.2, 0.25) is 0 Å². The van der Waals surface area contributed by atoms with Crippen LogP contribution in [0.25, 0.3) is 0 Å². The van der Waals surface area contributed by atoms with Gasteiger partial charge in [0, 0.05) is 6.61 Å². The molecule has 3 unspecified atom stereocenters. The van der Waals surface area contributed by atoms with Crippen LogP contribution in [-0.2, 0) is 4.74 Å². The molecule has 3 rings (SSSR count). The molecule has 1 saturated heterocycles. The number of ether oxygens (including phenoxy) is 1. The number of hydrogen-bond acceptors (Lipinski definition) is 2. The summed E-state index contributed by atoms with van der Waals surface area (Å²) in [6.45, 7) is 0.970. The topological polar surface area (TPSA) is 29.5 Å². The molecule has 1 N–H and O–H groups in total. The van der Waals surface area contributed by atoms with E-state index in [9.17, 15) is 5.11 Å². The first-order chi connectivity index (χ1) is 8.27. The zero-order valence-electron chi connectivity index (χ0n) is 10.9. The first-order valence-corrected chi connectivity index (χ1v) is 7.59. The lowest BCUT2D eigenvalue weighted by molar-refractivity contribution is -0.151. The van der Waals surface area contributed by atoms with Crippen molar-refractivity contribution in [1.29, 1.82) is 0 Å². The summed E-state index contributed by atoms with van der Waals surface area (Å²) in [7, 11) is 0. The Morgan fingerprint density at radius 2 is 1.76 bits per heavy atom. The van der Waals surface area contributed by atoms with Gasteiger partial charge in [0.15, 0.2) is 0 Å². The minimum absolute atomic E-state index is 0.0253. The van der Waals surface area contributed by atoms with Crippen molar-refractivity contribution in [3.8, 4) is 0 Å². The van der Waals surface area contributed by atoms with Gasteiger partial charge in [-0.1, -0.05) is 19.3 Å². The SMILES string of the molecule is OC1CCCCC(C2CCOC3(CCC3)C2)C1. The molecule has 2 saturated carbocycles. The second-order valence-corrected chi connectivity index (χ2v) is 6.57. The summed E-state index contributed by atoms with van der Waals surface area (Å²) >= 11 is 0. The van der Waals surface area contributed by atoms with Gasteiger partial charge in [-0.2, -0.15) is 0 Å². The monoisotopic (exact) mass is 238 g/mol. The van der Waals surface area contributed by atoms with E-state index in [1.54, 1.807) is 0 Å². The van der Waals surface area contributed by atoms with E-state index in [1.807, 2.05) is 0 Å². The zero-order valence-corrected chi connectivity index (χ0v) is 10.9. The predicted molar refractivity (Wildman–Crippen MR) is 67.8 cm³/mol. The van der Waals surface area contributed by atoms with Gasteiger partial charge in [0.2, 0.25) is 0 Å². The van der Waals surface area contributed by atoms with Crippen LogP contribution >= 0.6 is 0 Å². The maximum atomic E-state index is 9.96. The average molecular weight is 238 g/mol. The van der Waals surface area contributed by atoms with Gasteiger partial charge in [-0.3, -0.25) is 0 Å². The van der Waals surface area contributed by atoms with Crippen molar-refractivity contribution in [1.82, 2.24) is 0 Å². The van der Waals surface area contributed by atoms with Crippen molar-refractivity contribution >= 4 is 0 Å². The smallest absolute Gasteiger partial charge is 0.0685 e. The molecular weight excluding hydrogens is 212 g/mol. The van der Waals surface area contributed by atoms with Crippen LogP contribution in [0.3, 0.4) is 0 Å². The highest BCUT2D eigenvalue weighted by Gasteiger charge is 2.44. The maximum absolute atomic E-state index is 9.96. The summed E-state index contributed by atoms with van der Waals surface area (Å²) in [4.78, 5) is 0. The van der Waals surface area contributed by atoms with E-state index in [4.69, 9.17) is 4.74 Å². The van der Waals surface area contributed by atoms with Gasteiger partial charge in [-0.25, -0.2) is 0 Å². The van der Waals surface area contributed by atoms with Crippen LogP contribution in [0.4, 0.5) is 0 Å². The van der Waals surface area contributed by atoms with Gasteiger partial charge in [0.1, 0.15) is 0 Å². The van der Waals surface area contributed by atoms with E-state index in [0.717, 1.165) is 31.3 Å². The summed E-state index contributed by atoms with van der Waals surface area (Å²) in [6, 6.07) is 0. The van der Waals surface area contributed by atoms with E-state index < -0.39 is 0 Å². The zero-order chi connectivity index (χ0) is 11.7. The average Bonchev–Trinajstić information content (AvgIpc) is 2.52. The van der Waals surface area contributed by atoms with Gasteiger partial charge >= 0.3 is 0 Å². The van der Waals surface area contributed by atoms with Crippen molar-refractivity contribution in [2.75, 3.05) is 6.61 Å². The van der Waals surface area contributed by atoms with Gasteiger partial charge < -0.3 is 9.84 Å². The Labute approximate surface area is 105 Å². The Morgan fingerprint density at radius 1 is 0.941 bits per heavy atom. The third-order valence-corrected chi connectivity index (χ3v) is 5.40. The molecule has 0 radical (unpaired) electrons. The molecule has 17 heavy (non-hydrogen) atoms. The highest BCUT2D eigenvalue weighted by Crippen LogP contribution is 2.47. The minimum atomic E-state index is -0.0253. The molecular formula is C15H26O2. The maximum Gasteiger partial charge on any atom is 0.0685 e. The Balaban J connectivity index is 1.62. The van der Waals surface area contributed by atoms with Crippen LogP contribution in [-0.4, -0.2) is 23.4 Å². The van der Waals surface area contributed by atoms with E-state index in [2.05, 4.69) is 0 Å². The van der Waals surface area contributed by atoms with E-state index >= 15 is 0 Å². The van der Waals surface area contributed by atoms with Crippen LogP contribution in [0.15, 0.2) is 0 Å². The second-order valence-electron chi connectivity index (χ2n) is 6.57. The van der Waals surface area contributed by atoms with Crippen molar-refractivity contribution in [2.45, 2.75) is 75.9 Å². The highest BCUT2D eigenvalue weighted by atomic mass is 16.5. The molecule has 1 aliphatic heterocycles. The molecule has 2 heteroatoms. The summed E-state index contributed by atoms with van der Waals surface area (Å²) in [5.41, 5.74) is 0.278. The molecule has 0 bridgehead atoms. The van der Waals surface area contributed by atoms with Crippen molar-refractivity contribution in [3.63, 3.8) is 0 Å². The normalized spacial score (nSPS) is 41.8. The largest absolute Gasteiger partial charge is 0.393 e. The minimum Gasteiger partial charge on any atom is -0.393 e. The number of rotatable bonds is 1. The Hall–Kier alpha value is -0.0800. The fraction of sp³-hybridized carbons (Fsp3) is 1.00. The molecule has 0 aromatic carbocycles. The Bertz CT molecular complexity index is 260. The molecule has 1 spiro atoms. The van der Waals surface area contributed by atoms with Crippen LogP contribution in [0.5, 0.6) is 0 Å². The molecule has 2 nitrogen and oxygen atoms in total. The quantitative estimate of drug-likeness (QED) is 0.710. The number of aliphatic hydroxyl groups excluding tert-OH is 1. The van der Waals surface area contributed by atoms with Crippen LogP contribution < -0.4 is 0 Å². The molecule has 2 aliphatic carbocycles. The van der Waals surface area contributed by atoms with Gasteiger partial charge in [-0.15, -0.1) is 0 Å². The lowest BCUT2D eigenvalue weighted by Gasteiger charge is -2.49. The molecule has 3 atom stereocenters. The van der Waals surface area contributed by atoms with Gasteiger partial charge in [0.25, 0.3) is 0 Å². The van der Waals surface area contributed by atoms with E-state index in [-0.39, 0.29) is 11.7 Å². The summed E-state index contributed by atoms with van der Waals surface area (Å²) in [5, 5.41) is 9.96. The Morgan fingerprint density at radius 3 is 2.53 bits per heavy atom. The molecule has 3 aliphatic rings. The first-order valence-electron chi connectivity index (χ1n) is 7.59. The predicted octanol–water partition coefficient (Wildman–Crippen LogP) is 3.28. The van der Waals surface area contributed by atoms with E-state index in [1.165, 1.54) is 51.4 Å². The lowest BCUT2D eigenvalue weighted by atomic mass is 9.68. The molecule has 0 aromatic rings. The van der Waals surface area contributed by atoms with Crippen molar-refractivity contribution < 1.29 is 9.84 Å². The molecule has 0 amide bonds. The summed E-state index contributed by atoms with van der Waals surface area (Å²) < 4.78 is 6.02. The first kappa shape index (κ1) is 12.0. The van der Waals surface area contributed by atoms with Crippen molar-refractivity contribution in [3.05, 3.63) is 0 Å². The number of hydrogen-bond donors (Lipinski definition) is 1. The van der Waals surface area contributed by atoms with Crippen LogP contribution in [0.1, 0.15) is 64.2 Å². The standard InChI is InChI=1S/C15H26O2/c16-14-5-2-1-4-12(10-14)13-6-9-17-15(11-13)7-3-8-15/h12-14,16H,1-11H2.